The summed E-state index contributed by atoms with van der Waals surface area (Å²) in [6, 6.07) is 10.9. The average Bonchev–Trinajstić information content (AvgIpc) is 2.58. The maximum atomic E-state index is 12.0. The number of carbonyl (C=O) groups is 2. The topological polar surface area (TPSA) is 58.2 Å². The maximum Gasteiger partial charge on any atom is 0.244 e. The number of rotatable bonds is 5. The van der Waals surface area contributed by atoms with E-state index in [1.165, 1.54) is 6.08 Å². The van der Waals surface area contributed by atoms with E-state index >= 15 is 0 Å². The van der Waals surface area contributed by atoms with Crippen LogP contribution in [0.25, 0.3) is 6.08 Å². The third-order valence-corrected chi connectivity index (χ3v) is 4.40. The quantitative estimate of drug-likeness (QED) is 0.760. The molecule has 0 aromatic heterocycles. The molecule has 2 N–H and O–H groups in total. The van der Waals surface area contributed by atoms with Crippen LogP contribution >= 0.6 is 23.2 Å². The first-order valence-electron chi connectivity index (χ1n) is 7.64. The molecule has 0 unspecified atom stereocenters. The molecule has 0 atom stereocenters. The Balaban J connectivity index is 1.90. The van der Waals surface area contributed by atoms with Crippen LogP contribution in [0.3, 0.4) is 0 Å². The third-order valence-electron chi connectivity index (χ3n) is 3.56. The number of hydrogen-bond acceptors (Lipinski definition) is 2. The smallest absolute Gasteiger partial charge is 0.244 e. The zero-order valence-electron chi connectivity index (χ0n) is 13.9. The molecule has 0 aliphatic rings. The Morgan fingerprint density at radius 3 is 2.36 bits per heavy atom. The summed E-state index contributed by atoms with van der Waals surface area (Å²) in [6.07, 6.45) is 2.86. The Morgan fingerprint density at radius 2 is 1.68 bits per heavy atom. The van der Waals surface area contributed by atoms with E-state index in [0.717, 1.165) is 16.8 Å². The first-order chi connectivity index (χ1) is 11.9. The van der Waals surface area contributed by atoms with E-state index in [9.17, 15) is 9.59 Å². The summed E-state index contributed by atoms with van der Waals surface area (Å²) in [5.41, 5.74) is 3.33. The third kappa shape index (κ3) is 5.34. The SMILES string of the molecule is Cc1cccc(C)c1NC(=O)CNC(=O)C=Cc1cccc(Cl)c1Cl. The van der Waals surface area contributed by atoms with Crippen molar-refractivity contribution < 1.29 is 9.59 Å². The van der Waals surface area contributed by atoms with Crippen LogP contribution < -0.4 is 10.6 Å². The van der Waals surface area contributed by atoms with Gasteiger partial charge in [-0.15, -0.1) is 0 Å². The fourth-order valence-electron chi connectivity index (χ4n) is 2.24. The number of hydrogen-bond donors (Lipinski definition) is 2. The fraction of sp³-hybridized carbons (Fsp3) is 0.158. The lowest BCUT2D eigenvalue weighted by molar-refractivity contribution is -0.121. The molecule has 0 bridgehead atoms. The van der Waals surface area contributed by atoms with Gasteiger partial charge in [-0.05, 0) is 42.7 Å². The van der Waals surface area contributed by atoms with Crippen molar-refractivity contribution in [1.82, 2.24) is 5.32 Å². The second kappa shape index (κ2) is 8.70. The Hall–Kier alpha value is -2.30. The lowest BCUT2D eigenvalue weighted by Gasteiger charge is -2.11. The Morgan fingerprint density at radius 1 is 1.04 bits per heavy atom. The molecule has 2 amide bonds. The number of benzene rings is 2. The van der Waals surface area contributed by atoms with Gasteiger partial charge in [0.25, 0.3) is 0 Å². The van der Waals surface area contributed by atoms with Crippen molar-refractivity contribution in [3.05, 3.63) is 69.2 Å². The van der Waals surface area contributed by atoms with Crippen molar-refractivity contribution in [2.24, 2.45) is 0 Å². The minimum atomic E-state index is -0.396. The second-order valence-electron chi connectivity index (χ2n) is 5.51. The molecule has 4 nitrogen and oxygen atoms in total. The van der Waals surface area contributed by atoms with Crippen molar-refractivity contribution in [2.45, 2.75) is 13.8 Å². The van der Waals surface area contributed by atoms with E-state index in [1.54, 1.807) is 24.3 Å². The summed E-state index contributed by atoms with van der Waals surface area (Å²) in [6.45, 7) is 3.71. The Kier molecular flexibility index (Phi) is 6.62. The van der Waals surface area contributed by atoms with E-state index in [4.69, 9.17) is 23.2 Å². The summed E-state index contributed by atoms with van der Waals surface area (Å²) in [4.78, 5) is 23.9. The van der Waals surface area contributed by atoms with Gasteiger partial charge in [0.1, 0.15) is 0 Å². The zero-order valence-corrected chi connectivity index (χ0v) is 15.4. The summed E-state index contributed by atoms with van der Waals surface area (Å²) < 4.78 is 0. The van der Waals surface area contributed by atoms with Crippen LogP contribution in [-0.4, -0.2) is 18.4 Å². The van der Waals surface area contributed by atoms with E-state index in [1.807, 2.05) is 32.0 Å². The van der Waals surface area contributed by atoms with Gasteiger partial charge in [-0.1, -0.05) is 53.5 Å². The van der Waals surface area contributed by atoms with Crippen molar-refractivity contribution in [1.29, 1.82) is 0 Å². The number of halogens is 2. The van der Waals surface area contributed by atoms with Gasteiger partial charge < -0.3 is 10.6 Å². The van der Waals surface area contributed by atoms with Crippen molar-refractivity contribution in [3.8, 4) is 0 Å². The van der Waals surface area contributed by atoms with Crippen molar-refractivity contribution in [2.75, 3.05) is 11.9 Å². The van der Waals surface area contributed by atoms with E-state index < -0.39 is 5.91 Å². The van der Waals surface area contributed by atoms with Crippen LogP contribution in [0.1, 0.15) is 16.7 Å². The van der Waals surface area contributed by atoms with E-state index in [0.29, 0.717) is 15.6 Å². The fourth-order valence-corrected chi connectivity index (χ4v) is 2.61. The van der Waals surface area contributed by atoms with Gasteiger partial charge in [-0.3, -0.25) is 9.59 Å². The van der Waals surface area contributed by atoms with E-state index in [-0.39, 0.29) is 12.5 Å². The minimum Gasteiger partial charge on any atom is -0.343 e. The molecular weight excluding hydrogens is 359 g/mol. The van der Waals surface area contributed by atoms with Gasteiger partial charge in [0.2, 0.25) is 11.8 Å². The van der Waals surface area contributed by atoms with Gasteiger partial charge >= 0.3 is 0 Å². The summed E-state index contributed by atoms with van der Waals surface area (Å²) in [7, 11) is 0. The monoisotopic (exact) mass is 376 g/mol. The van der Waals surface area contributed by atoms with Crippen molar-refractivity contribution in [3.63, 3.8) is 0 Å². The maximum absolute atomic E-state index is 12.0. The molecular formula is C19H18Cl2N2O2. The van der Waals surface area contributed by atoms with Crippen LogP contribution in [0, 0.1) is 13.8 Å². The Bertz CT molecular complexity index is 812. The number of anilines is 1. The highest BCUT2D eigenvalue weighted by molar-refractivity contribution is 6.42. The number of para-hydroxylation sites is 1. The second-order valence-corrected chi connectivity index (χ2v) is 6.29. The predicted molar refractivity (Wildman–Crippen MR) is 103 cm³/mol. The minimum absolute atomic E-state index is 0.125. The molecule has 2 aromatic carbocycles. The molecule has 0 heterocycles. The average molecular weight is 377 g/mol. The zero-order chi connectivity index (χ0) is 18.4. The van der Waals surface area contributed by atoms with Crippen LogP contribution in [-0.2, 0) is 9.59 Å². The molecule has 6 heteroatoms. The molecule has 0 aliphatic carbocycles. The highest BCUT2D eigenvalue weighted by Crippen LogP contribution is 2.26. The van der Waals surface area contributed by atoms with Crippen LogP contribution in [0.2, 0.25) is 10.0 Å². The molecule has 0 spiro atoms. The molecule has 2 rings (SSSR count). The molecule has 2 aromatic rings. The normalized spacial score (nSPS) is 10.7. The molecule has 0 aliphatic heterocycles. The van der Waals surface area contributed by atoms with Crippen LogP contribution in [0.15, 0.2) is 42.5 Å². The largest absolute Gasteiger partial charge is 0.343 e. The number of amides is 2. The number of nitrogens with one attached hydrogen (secondary N) is 2. The predicted octanol–water partition coefficient (Wildman–Crippen LogP) is 4.38. The highest BCUT2D eigenvalue weighted by atomic mass is 35.5. The number of carbonyl (C=O) groups excluding carboxylic acids is 2. The molecule has 0 radical (unpaired) electrons. The van der Waals surface area contributed by atoms with Crippen molar-refractivity contribution >= 4 is 46.8 Å². The van der Waals surface area contributed by atoms with Crippen LogP contribution in [0.4, 0.5) is 5.69 Å². The lowest BCUT2D eigenvalue weighted by Crippen LogP contribution is -2.32. The summed E-state index contributed by atoms with van der Waals surface area (Å²) in [5, 5.41) is 6.13. The van der Waals surface area contributed by atoms with Gasteiger partial charge in [-0.2, -0.15) is 0 Å². The van der Waals surface area contributed by atoms with Gasteiger partial charge in [0.05, 0.1) is 16.6 Å². The molecule has 130 valence electrons. The first kappa shape index (κ1) is 19.0. The first-order valence-corrected chi connectivity index (χ1v) is 8.40. The van der Waals surface area contributed by atoms with Crippen LogP contribution in [0.5, 0.6) is 0 Å². The molecule has 0 saturated heterocycles. The molecule has 0 fully saturated rings. The Labute approximate surface area is 156 Å². The standard InChI is InChI=1S/C19H18Cl2N2O2/c1-12-5-3-6-13(2)19(12)23-17(25)11-22-16(24)10-9-14-7-4-8-15(20)18(14)21/h3-10H,11H2,1-2H3,(H,22,24)(H,23,25). The van der Waals surface area contributed by atoms with Gasteiger partial charge in [-0.25, -0.2) is 0 Å². The molecule has 0 saturated carbocycles. The molecule has 25 heavy (non-hydrogen) atoms. The summed E-state index contributed by atoms with van der Waals surface area (Å²) in [5.74, 6) is -0.687. The van der Waals surface area contributed by atoms with Gasteiger partial charge in [0, 0.05) is 11.8 Å². The van der Waals surface area contributed by atoms with E-state index in [2.05, 4.69) is 10.6 Å². The summed E-state index contributed by atoms with van der Waals surface area (Å²) >= 11 is 12.0. The van der Waals surface area contributed by atoms with Gasteiger partial charge in [0.15, 0.2) is 0 Å². The highest BCUT2D eigenvalue weighted by Gasteiger charge is 2.08. The number of aryl methyl sites for hydroxylation is 2. The lowest BCUT2D eigenvalue weighted by atomic mass is 10.1.